The summed E-state index contributed by atoms with van der Waals surface area (Å²) in [6.45, 7) is 1.20. The zero-order chi connectivity index (χ0) is 22.3. The number of rotatable bonds is 11. The molecule has 7 N–H and O–H groups in total. The smallest absolute Gasteiger partial charge is 0.187 e. The van der Waals surface area contributed by atoms with Crippen molar-refractivity contribution in [2.24, 2.45) is 0 Å². The van der Waals surface area contributed by atoms with Crippen molar-refractivity contribution in [1.82, 2.24) is 0 Å². The van der Waals surface area contributed by atoms with Gasteiger partial charge in [0.15, 0.2) is 12.6 Å². The van der Waals surface area contributed by atoms with Crippen LogP contribution in [0.2, 0.25) is 0 Å². The van der Waals surface area contributed by atoms with Gasteiger partial charge in [0.1, 0.15) is 48.8 Å². The lowest BCUT2D eigenvalue weighted by Crippen LogP contribution is -2.64. The predicted octanol–water partition coefficient (Wildman–Crippen LogP) is -2.40. The second-order valence-corrected chi connectivity index (χ2v) is 7.79. The fraction of sp³-hybridized carbons (Fsp3) is 1.00. The van der Waals surface area contributed by atoms with Gasteiger partial charge in [-0.2, -0.15) is 0 Å². The number of hydrogen-bond acceptors (Lipinski definition) is 11. The van der Waals surface area contributed by atoms with Gasteiger partial charge in [-0.25, -0.2) is 0 Å². The van der Waals surface area contributed by atoms with Crippen molar-refractivity contribution in [2.45, 2.75) is 100 Å². The average molecular weight is 440 g/mol. The maximum Gasteiger partial charge on any atom is 0.187 e. The van der Waals surface area contributed by atoms with Gasteiger partial charge in [-0.05, 0) is 6.42 Å². The van der Waals surface area contributed by atoms with Crippen LogP contribution in [0.15, 0.2) is 0 Å². The maximum atomic E-state index is 10.5. The van der Waals surface area contributed by atoms with E-state index < -0.39 is 74.6 Å². The Bertz CT molecular complexity index is 477. The van der Waals surface area contributed by atoms with E-state index in [1.54, 1.807) is 0 Å². The molecule has 11 nitrogen and oxygen atoms in total. The van der Waals surface area contributed by atoms with Crippen molar-refractivity contribution in [3.05, 3.63) is 0 Å². The molecule has 2 fully saturated rings. The summed E-state index contributed by atoms with van der Waals surface area (Å²) in [4.78, 5) is 0. The molecule has 2 rings (SSSR count). The number of unbranched alkanes of at least 4 members (excludes halogenated alkanes) is 4. The van der Waals surface area contributed by atoms with E-state index in [0.717, 1.165) is 32.1 Å². The Labute approximate surface area is 175 Å². The van der Waals surface area contributed by atoms with Crippen LogP contribution in [0.5, 0.6) is 0 Å². The average Bonchev–Trinajstić information content (AvgIpc) is 2.75. The molecule has 0 radical (unpaired) electrons. The molecule has 2 heterocycles. The van der Waals surface area contributed by atoms with Crippen molar-refractivity contribution in [3.8, 4) is 0 Å². The van der Waals surface area contributed by atoms with Crippen molar-refractivity contribution in [3.63, 3.8) is 0 Å². The normalized spacial score (nSPS) is 42.4. The van der Waals surface area contributed by atoms with Gasteiger partial charge < -0.3 is 54.7 Å². The summed E-state index contributed by atoms with van der Waals surface area (Å²) in [7, 11) is 0. The molecule has 0 bridgehead atoms. The van der Waals surface area contributed by atoms with Crippen molar-refractivity contribution < 1.29 is 54.7 Å². The predicted molar refractivity (Wildman–Crippen MR) is 101 cm³/mol. The van der Waals surface area contributed by atoms with Crippen LogP contribution in [0, 0.1) is 0 Å². The number of aliphatic hydroxyl groups excluding tert-OH is 7. The fourth-order valence-corrected chi connectivity index (χ4v) is 3.60. The Morgan fingerprint density at radius 1 is 0.667 bits per heavy atom. The standard InChI is InChI=1S/C19H36O11/c1-2-3-4-5-6-7-27-18-16(26)14(24)17(11(9-21)29-18)30-19-15(25)13(23)12(22)10(8-20)28-19/h10-26H,2-9H2,1H3/t10-,11-,12-,13+,14-,15-,16-,17-,18-,19-/m1/s1. The van der Waals surface area contributed by atoms with Crippen LogP contribution in [0.25, 0.3) is 0 Å². The van der Waals surface area contributed by atoms with Gasteiger partial charge in [0.05, 0.1) is 13.2 Å². The van der Waals surface area contributed by atoms with E-state index in [1.807, 2.05) is 0 Å². The largest absolute Gasteiger partial charge is 0.394 e. The van der Waals surface area contributed by atoms with Crippen LogP contribution in [0.3, 0.4) is 0 Å². The van der Waals surface area contributed by atoms with E-state index in [0.29, 0.717) is 6.61 Å². The highest BCUT2D eigenvalue weighted by Gasteiger charge is 2.50. The molecule has 10 atom stereocenters. The molecule has 2 saturated heterocycles. The van der Waals surface area contributed by atoms with E-state index in [1.165, 1.54) is 0 Å². The summed E-state index contributed by atoms with van der Waals surface area (Å²) in [5, 5.41) is 69.6. The van der Waals surface area contributed by atoms with E-state index in [-0.39, 0.29) is 0 Å². The molecule has 178 valence electrons. The third-order valence-electron chi connectivity index (χ3n) is 5.49. The Hall–Kier alpha value is -0.440. The van der Waals surface area contributed by atoms with Crippen LogP contribution in [0.4, 0.5) is 0 Å². The summed E-state index contributed by atoms with van der Waals surface area (Å²) in [6, 6.07) is 0. The highest BCUT2D eigenvalue weighted by Crippen LogP contribution is 2.29. The van der Waals surface area contributed by atoms with Crippen molar-refractivity contribution >= 4 is 0 Å². The zero-order valence-corrected chi connectivity index (χ0v) is 17.2. The molecule has 0 unspecified atom stereocenters. The Morgan fingerprint density at radius 2 is 1.27 bits per heavy atom. The molecule has 30 heavy (non-hydrogen) atoms. The number of aliphatic hydroxyl groups is 7. The molecule has 11 heteroatoms. The monoisotopic (exact) mass is 440 g/mol. The third kappa shape index (κ3) is 6.30. The molecular formula is C19H36O11. The topological polar surface area (TPSA) is 179 Å². The highest BCUT2D eigenvalue weighted by atomic mass is 16.7. The minimum atomic E-state index is -1.69. The third-order valence-corrected chi connectivity index (χ3v) is 5.49. The molecule has 0 aliphatic carbocycles. The Morgan fingerprint density at radius 3 is 1.90 bits per heavy atom. The minimum Gasteiger partial charge on any atom is -0.394 e. The van der Waals surface area contributed by atoms with Crippen LogP contribution in [0.1, 0.15) is 39.0 Å². The van der Waals surface area contributed by atoms with Gasteiger partial charge >= 0.3 is 0 Å². The molecule has 0 amide bonds. The van der Waals surface area contributed by atoms with Crippen LogP contribution >= 0.6 is 0 Å². The lowest BCUT2D eigenvalue weighted by Gasteiger charge is -2.45. The van der Waals surface area contributed by atoms with E-state index in [2.05, 4.69) is 6.92 Å². The minimum absolute atomic E-state index is 0.314. The molecule has 0 aromatic heterocycles. The molecule has 0 spiro atoms. The maximum absolute atomic E-state index is 10.5. The summed E-state index contributed by atoms with van der Waals surface area (Å²) in [5.41, 5.74) is 0. The van der Waals surface area contributed by atoms with Gasteiger partial charge in [0.2, 0.25) is 0 Å². The first kappa shape index (κ1) is 25.8. The van der Waals surface area contributed by atoms with Gasteiger partial charge in [0.25, 0.3) is 0 Å². The molecular weight excluding hydrogens is 404 g/mol. The highest BCUT2D eigenvalue weighted by molar-refractivity contribution is 4.94. The van der Waals surface area contributed by atoms with Gasteiger partial charge in [-0.3, -0.25) is 0 Å². The van der Waals surface area contributed by atoms with Gasteiger partial charge in [0, 0.05) is 6.61 Å². The van der Waals surface area contributed by atoms with Crippen molar-refractivity contribution in [2.75, 3.05) is 19.8 Å². The number of hydrogen-bond donors (Lipinski definition) is 7. The van der Waals surface area contributed by atoms with Crippen LogP contribution in [-0.4, -0.2) is 117 Å². The molecule has 0 aromatic carbocycles. The van der Waals surface area contributed by atoms with E-state index in [9.17, 15) is 35.7 Å². The Balaban J connectivity index is 1.94. The first-order valence-corrected chi connectivity index (χ1v) is 10.6. The van der Waals surface area contributed by atoms with Gasteiger partial charge in [-0.15, -0.1) is 0 Å². The second-order valence-electron chi connectivity index (χ2n) is 7.79. The van der Waals surface area contributed by atoms with E-state index in [4.69, 9.17) is 18.9 Å². The fourth-order valence-electron chi connectivity index (χ4n) is 3.60. The molecule has 2 aliphatic heterocycles. The number of ether oxygens (including phenoxy) is 4. The summed E-state index contributed by atoms with van der Waals surface area (Å²) in [6.07, 6.45) is -9.25. The van der Waals surface area contributed by atoms with Crippen molar-refractivity contribution in [1.29, 1.82) is 0 Å². The zero-order valence-electron chi connectivity index (χ0n) is 17.2. The summed E-state index contributed by atoms with van der Waals surface area (Å²) < 4.78 is 21.8. The first-order chi connectivity index (χ1) is 14.3. The first-order valence-electron chi connectivity index (χ1n) is 10.6. The van der Waals surface area contributed by atoms with E-state index >= 15 is 0 Å². The molecule has 0 saturated carbocycles. The summed E-state index contributed by atoms with van der Waals surface area (Å²) in [5.74, 6) is 0. The Kier molecular flexibility index (Phi) is 10.8. The quantitative estimate of drug-likeness (QED) is 0.170. The SMILES string of the molecule is CCCCCCCO[C@@H]1O[C@H](CO)[C@@H](O[C@H]2O[C@H](CO)[C@@H](O)[C@H](O)[C@H]2O)[C@H](O)[C@H]1O. The van der Waals surface area contributed by atoms with Crippen LogP contribution in [-0.2, 0) is 18.9 Å². The second kappa shape index (κ2) is 12.6. The molecule has 2 aliphatic rings. The van der Waals surface area contributed by atoms with Gasteiger partial charge in [-0.1, -0.05) is 32.6 Å². The van der Waals surface area contributed by atoms with Crippen LogP contribution < -0.4 is 0 Å². The summed E-state index contributed by atoms with van der Waals surface area (Å²) >= 11 is 0. The lowest BCUT2D eigenvalue weighted by molar-refractivity contribution is -0.359. The molecule has 0 aromatic rings. The lowest BCUT2D eigenvalue weighted by atomic mass is 9.97.